The molecule has 0 atom stereocenters. The molecule has 0 radical (unpaired) electrons. The summed E-state index contributed by atoms with van der Waals surface area (Å²) in [6.07, 6.45) is 0. The number of carboxylic acids is 2. The zero-order valence-electron chi connectivity index (χ0n) is 25.9. The summed E-state index contributed by atoms with van der Waals surface area (Å²) >= 11 is 11.4. The predicted octanol–water partition coefficient (Wildman–Crippen LogP) is 7.45. The van der Waals surface area contributed by atoms with E-state index in [0.29, 0.717) is 22.1 Å². The summed E-state index contributed by atoms with van der Waals surface area (Å²) in [5.41, 5.74) is 1.16. The molecule has 0 bridgehead atoms. The Kier molecular flexibility index (Phi) is 9.55. The van der Waals surface area contributed by atoms with E-state index in [-0.39, 0.29) is 42.4 Å². The fraction of sp³-hybridized carbons (Fsp3) is 0. The Morgan fingerprint density at radius 1 is 0.529 bits per heavy atom. The second-order valence-electron chi connectivity index (χ2n) is 11.1. The maximum Gasteiger partial charge on any atom is 0.337 e. The minimum atomic E-state index is -4.09. The minimum Gasteiger partial charge on any atom is -0.478 e. The smallest absolute Gasteiger partial charge is 0.337 e. The summed E-state index contributed by atoms with van der Waals surface area (Å²) in [7, 11) is -8.08. The average Bonchev–Trinajstić information content (AvgIpc) is 3.08. The zero-order chi connectivity index (χ0) is 36.5. The van der Waals surface area contributed by atoms with E-state index in [2.05, 4.69) is 20.1 Å². The van der Waals surface area contributed by atoms with E-state index >= 15 is 0 Å². The molecule has 6 rings (SSSR count). The molecule has 0 amide bonds. The Morgan fingerprint density at radius 2 is 0.980 bits per heavy atom. The minimum absolute atomic E-state index is 0.00101. The molecule has 12 nitrogen and oxygen atoms in total. The summed E-state index contributed by atoms with van der Waals surface area (Å²) in [4.78, 5) is 22.5. The Morgan fingerprint density at radius 3 is 1.47 bits per heavy atom. The van der Waals surface area contributed by atoms with Gasteiger partial charge in [0.05, 0.1) is 25.9 Å². The Labute approximate surface area is 301 Å². The second-order valence-corrected chi connectivity index (χ2v) is 15.3. The highest BCUT2D eigenvalue weighted by atomic mass is 35.5. The Hall–Kier alpha value is -5.74. The van der Waals surface area contributed by atoms with Crippen molar-refractivity contribution in [3.05, 3.63) is 131 Å². The van der Waals surface area contributed by atoms with Gasteiger partial charge in [-0.1, -0.05) is 35.9 Å². The molecule has 6 aromatic carbocycles. The predicted molar refractivity (Wildman–Crippen MR) is 201 cm³/mol. The molecule has 6 N–H and O–H groups in total. The summed E-state index contributed by atoms with van der Waals surface area (Å²) in [5, 5.41) is 27.4. The first-order chi connectivity index (χ1) is 24.2. The molecular weight excluding hydrogens is 736 g/mol. The number of rotatable bonds is 10. The van der Waals surface area contributed by atoms with Gasteiger partial charge in [-0.25, -0.2) is 26.4 Å². The van der Waals surface area contributed by atoms with Crippen LogP contribution < -0.4 is 20.1 Å². The number of anilines is 4. The number of carboxylic acid groups (broad SMARTS) is 2. The topological polar surface area (TPSA) is 191 Å². The summed E-state index contributed by atoms with van der Waals surface area (Å²) in [6.45, 7) is 0. The molecular formula is C35H25ClN4O8S3. The maximum absolute atomic E-state index is 13.2. The molecule has 258 valence electrons. The number of hydrogen-bond donors (Lipinski definition) is 6. The average molecular weight is 761 g/mol. The van der Waals surface area contributed by atoms with Crippen LogP contribution in [0.5, 0.6) is 0 Å². The largest absolute Gasteiger partial charge is 0.478 e. The Balaban J connectivity index is 1.16. The van der Waals surface area contributed by atoms with Crippen molar-refractivity contribution in [2.45, 2.75) is 9.79 Å². The van der Waals surface area contributed by atoms with E-state index in [1.54, 1.807) is 48.5 Å². The van der Waals surface area contributed by atoms with Gasteiger partial charge in [0.15, 0.2) is 5.11 Å². The van der Waals surface area contributed by atoms with Crippen LogP contribution in [0, 0.1) is 0 Å². The number of sulfonamides is 2. The lowest BCUT2D eigenvalue weighted by Crippen LogP contribution is -2.19. The van der Waals surface area contributed by atoms with Crippen LogP contribution in [-0.4, -0.2) is 44.1 Å². The van der Waals surface area contributed by atoms with Gasteiger partial charge in [0.1, 0.15) is 0 Å². The van der Waals surface area contributed by atoms with Crippen LogP contribution in [0.3, 0.4) is 0 Å². The van der Waals surface area contributed by atoms with Crippen LogP contribution in [0.4, 0.5) is 22.7 Å². The van der Waals surface area contributed by atoms with Gasteiger partial charge in [0, 0.05) is 22.7 Å². The number of thiocarbonyl (C=S) groups is 1. The number of carbonyl (C=O) groups is 2. The number of aromatic carboxylic acids is 2. The molecule has 0 heterocycles. The third-order valence-electron chi connectivity index (χ3n) is 7.59. The number of hydrogen-bond acceptors (Lipinski definition) is 7. The van der Waals surface area contributed by atoms with E-state index in [1.807, 2.05) is 0 Å². The van der Waals surface area contributed by atoms with E-state index in [4.69, 9.17) is 28.9 Å². The second kappa shape index (κ2) is 13.9. The lowest BCUT2D eigenvalue weighted by atomic mass is 10.1. The van der Waals surface area contributed by atoms with Crippen molar-refractivity contribution >= 4 is 105 Å². The Bertz CT molecular complexity index is 2620. The zero-order valence-corrected chi connectivity index (χ0v) is 29.1. The van der Waals surface area contributed by atoms with E-state index in [1.165, 1.54) is 60.7 Å². The third kappa shape index (κ3) is 8.02. The van der Waals surface area contributed by atoms with Crippen LogP contribution in [-0.2, 0) is 20.0 Å². The summed E-state index contributed by atoms with van der Waals surface area (Å²) < 4.78 is 57.4. The third-order valence-corrected chi connectivity index (χ3v) is 10.9. The number of fused-ring (bicyclic) bond motifs is 2. The van der Waals surface area contributed by atoms with E-state index in [0.717, 1.165) is 16.8 Å². The number of halogens is 1. The highest BCUT2D eigenvalue weighted by molar-refractivity contribution is 7.93. The normalized spacial score (nSPS) is 11.5. The van der Waals surface area contributed by atoms with E-state index < -0.39 is 32.0 Å². The van der Waals surface area contributed by atoms with Gasteiger partial charge < -0.3 is 20.8 Å². The molecule has 0 fully saturated rings. The van der Waals surface area contributed by atoms with Crippen molar-refractivity contribution < 1.29 is 36.6 Å². The first-order valence-corrected chi connectivity index (χ1v) is 18.5. The van der Waals surface area contributed by atoms with Gasteiger partial charge in [-0.3, -0.25) is 9.44 Å². The van der Waals surface area contributed by atoms with Crippen molar-refractivity contribution in [3.63, 3.8) is 0 Å². The monoisotopic (exact) mass is 760 g/mol. The fourth-order valence-corrected chi connectivity index (χ4v) is 7.71. The van der Waals surface area contributed by atoms with Crippen LogP contribution in [0.25, 0.3) is 21.5 Å². The molecule has 0 unspecified atom stereocenters. The van der Waals surface area contributed by atoms with Gasteiger partial charge in [-0.05, 0) is 125 Å². The molecule has 0 aromatic heterocycles. The molecule has 0 saturated carbocycles. The molecule has 0 aliphatic carbocycles. The lowest BCUT2D eigenvalue weighted by molar-refractivity contribution is 0.0686. The van der Waals surface area contributed by atoms with Gasteiger partial charge in [-0.2, -0.15) is 0 Å². The van der Waals surface area contributed by atoms with Crippen molar-refractivity contribution in [2.24, 2.45) is 0 Å². The quantitative estimate of drug-likeness (QED) is 0.0760. The fourth-order valence-electron chi connectivity index (χ4n) is 5.09. The van der Waals surface area contributed by atoms with Crippen LogP contribution >= 0.6 is 23.8 Å². The summed E-state index contributed by atoms with van der Waals surface area (Å²) in [5.74, 6) is -2.42. The maximum atomic E-state index is 13.2. The van der Waals surface area contributed by atoms with Crippen LogP contribution in [0.2, 0.25) is 5.02 Å². The van der Waals surface area contributed by atoms with Crippen molar-refractivity contribution in [3.8, 4) is 0 Å². The van der Waals surface area contributed by atoms with E-state index in [9.17, 15) is 31.5 Å². The first kappa shape index (κ1) is 35.1. The highest BCUT2D eigenvalue weighted by Crippen LogP contribution is 2.28. The SMILES string of the molecule is O=C(O)c1ccc(NS(=O)(=O)c2ccc3ccc(NC(=S)Nc4ccc5ccc(S(=O)(=O)Nc6ccc(Cl)c(C(=O)O)c6)cc5c4)cc3c2)cc1. The van der Waals surface area contributed by atoms with Crippen molar-refractivity contribution in [1.82, 2.24) is 0 Å². The summed E-state index contributed by atoms with van der Waals surface area (Å²) in [6, 6.07) is 28.9. The molecule has 51 heavy (non-hydrogen) atoms. The van der Waals surface area contributed by atoms with Crippen LogP contribution in [0.15, 0.2) is 125 Å². The molecule has 6 aromatic rings. The van der Waals surface area contributed by atoms with Crippen molar-refractivity contribution in [2.75, 3.05) is 20.1 Å². The molecule has 16 heteroatoms. The standard InChI is InChI=1S/C35H25ClN4O8S3/c36-32-14-11-28(19-31(32)34(43)44)40-51(47,48)30-13-6-21-2-10-27(16-24(21)18-30)38-35(49)37-26-9-1-20-5-12-29(17-23(20)15-26)50(45,46)39-25-7-3-22(4-8-25)33(41)42/h1-19,39-40H,(H,41,42)(H,43,44)(H2,37,38,49). The molecule has 0 aliphatic rings. The molecule has 0 aliphatic heterocycles. The van der Waals surface area contributed by atoms with Crippen LogP contribution in [0.1, 0.15) is 20.7 Å². The lowest BCUT2D eigenvalue weighted by Gasteiger charge is -2.13. The molecule has 0 spiro atoms. The van der Waals surface area contributed by atoms with Gasteiger partial charge in [-0.15, -0.1) is 0 Å². The number of benzene rings is 6. The van der Waals surface area contributed by atoms with Crippen molar-refractivity contribution in [1.29, 1.82) is 0 Å². The first-order valence-electron chi connectivity index (χ1n) is 14.7. The van der Waals surface area contributed by atoms with Gasteiger partial charge >= 0.3 is 11.9 Å². The van der Waals surface area contributed by atoms with Gasteiger partial charge in [0.25, 0.3) is 20.0 Å². The number of nitrogens with one attached hydrogen (secondary N) is 4. The van der Waals surface area contributed by atoms with Gasteiger partial charge in [0.2, 0.25) is 0 Å². The highest BCUT2D eigenvalue weighted by Gasteiger charge is 2.18. The molecule has 0 saturated heterocycles.